The molecule has 9 heteroatoms. The molecule has 0 aliphatic carbocycles. The predicted molar refractivity (Wildman–Crippen MR) is 139 cm³/mol. The van der Waals surface area contributed by atoms with Crippen LogP contribution in [0.1, 0.15) is 11.1 Å². The van der Waals surface area contributed by atoms with E-state index in [9.17, 15) is 4.79 Å². The largest absolute Gasteiger partial charge is 0.487 e. The van der Waals surface area contributed by atoms with Crippen LogP contribution in [0.25, 0.3) is 0 Å². The smallest absolute Gasteiger partial charge is 0.259 e. The van der Waals surface area contributed by atoms with E-state index in [0.717, 1.165) is 34.7 Å². The second-order valence-corrected chi connectivity index (χ2v) is 9.92. The van der Waals surface area contributed by atoms with Crippen molar-refractivity contribution < 1.29 is 9.53 Å². The van der Waals surface area contributed by atoms with Crippen LogP contribution >= 0.6 is 63.7 Å². The van der Waals surface area contributed by atoms with Crippen molar-refractivity contribution in [3.8, 4) is 5.75 Å². The molecule has 1 amide bonds. The first-order valence-corrected chi connectivity index (χ1v) is 12.3. The summed E-state index contributed by atoms with van der Waals surface area (Å²) in [4.78, 5) is 12.0. The summed E-state index contributed by atoms with van der Waals surface area (Å²) in [5, 5.41) is 7.06. The van der Waals surface area contributed by atoms with Crippen molar-refractivity contribution in [2.75, 3.05) is 11.9 Å². The molecule has 3 rings (SSSR count). The zero-order valence-corrected chi connectivity index (χ0v) is 22.4. The molecule has 0 saturated carbocycles. The molecule has 0 radical (unpaired) electrons. The normalized spacial score (nSPS) is 10.8. The van der Waals surface area contributed by atoms with Gasteiger partial charge in [-0.3, -0.25) is 4.79 Å². The van der Waals surface area contributed by atoms with Gasteiger partial charge in [0.2, 0.25) is 0 Å². The number of benzene rings is 3. The van der Waals surface area contributed by atoms with E-state index >= 15 is 0 Å². The van der Waals surface area contributed by atoms with Crippen molar-refractivity contribution in [3.63, 3.8) is 0 Å². The Morgan fingerprint density at radius 2 is 1.48 bits per heavy atom. The molecule has 0 aliphatic heterocycles. The van der Waals surface area contributed by atoms with Gasteiger partial charge in [0.1, 0.15) is 12.4 Å². The van der Waals surface area contributed by atoms with E-state index in [0.29, 0.717) is 12.4 Å². The number of amides is 1. The lowest BCUT2D eigenvalue weighted by atomic mass is 10.2. The number of nitrogens with zero attached hydrogens (tertiary/aromatic N) is 1. The number of ether oxygens (including phenoxy) is 1. The van der Waals surface area contributed by atoms with E-state index in [4.69, 9.17) is 4.74 Å². The van der Waals surface area contributed by atoms with Gasteiger partial charge in [-0.1, -0.05) is 44.0 Å². The molecule has 0 bridgehead atoms. The summed E-state index contributed by atoms with van der Waals surface area (Å²) in [6.45, 7) is 0.564. The molecule has 160 valence electrons. The fourth-order valence-corrected chi connectivity index (χ4v) is 4.48. The van der Waals surface area contributed by atoms with Crippen LogP contribution in [0.5, 0.6) is 5.75 Å². The van der Waals surface area contributed by atoms with Gasteiger partial charge in [0.05, 0.1) is 21.7 Å². The van der Waals surface area contributed by atoms with Gasteiger partial charge in [-0.2, -0.15) is 5.10 Å². The van der Waals surface area contributed by atoms with E-state index in [1.807, 2.05) is 60.7 Å². The number of hydrogen-bond acceptors (Lipinski definition) is 4. The molecule has 0 fully saturated rings. The van der Waals surface area contributed by atoms with Crippen LogP contribution in [0.4, 0.5) is 5.69 Å². The summed E-state index contributed by atoms with van der Waals surface area (Å²) in [6.07, 6.45) is 1.57. The Labute approximate surface area is 214 Å². The van der Waals surface area contributed by atoms with Crippen LogP contribution in [-0.4, -0.2) is 18.7 Å². The summed E-state index contributed by atoms with van der Waals surface area (Å²) >= 11 is 13.9. The second kappa shape index (κ2) is 11.8. The Morgan fingerprint density at radius 3 is 2.10 bits per heavy atom. The van der Waals surface area contributed by atoms with Crippen LogP contribution in [0.15, 0.2) is 83.7 Å². The van der Waals surface area contributed by atoms with Gasteiger partial charge in [-0.15, -0.1) is 0 Å². The van der Waals surface area contributed by atoms with E-state index in [2.05, 4.69) is 79.6 Å². The molecule has 0 unspecified atom stereocenters. The first-order chi connectivity index (χ1) is 14.9. The lowest BCUT2D eigenvalue weighted by Gasteiger charge is -2.11. The molecule has 3 aromatic carbocycles. The highest BCUT2D eigenvalue weighted by molar-refractivity contribution is 9.11. The van der Waals surface area contributed by atoms with Gasteiger partial charge < -0.3 is 10.1 Å². The standard InChI is InChI=1S/C22H17Br4N3O2/c23-16-3-1-14(2-4-16)13-31-22-19(25)9-15(10-20(22)26)11-28-29-21(30)12-27-18-7-5-17(24)6-8-18/h1-11,27H,12-13H2,(H,29,30)/b28-11-. The monoisotopic (exact) mass is 671 g/mol. The minimum atomic E-state index is -0.244. The molecule has 0 aliphatic rings. The third-order valence-corrected chi connectivity index (χ3v) is 6.25. The topological polar surface area (TPSA) is 62.7 Å². The van der Waals surface area contributed by atoms with Crippen LogP contribution in [0.2, 0.25) is 0 Å². The van der Waals surface area contributed by atoms with Crippen molar-refractivity contribution >= 4 is 81.5 Å². The zero-order chi connectivity index (χ0) is 22.2. The lowest BCUT2D eigenvalue weighted by molar-refractivity contribution is -0.119. The molecular formula is C22H17Br4N3O2. The van der Waals surface area contributed by atoms with E-state index in [-0.39, 0.29) is 12.5 Å². The molecule has 0 spiro atoms. The van der Waals surface area contributed by atoms with Crippen LogP contribution < -0.4 is 15.5 Å². The van der Waals surface area contributed by atoms with Crippen molar-refractivity contribution in [2.45, 2.75) is 6.61 Å². The minimum Gasteiger partial charge on any atom is -0.487 e. The highest BCUT2D eigenvalue weighted by atomic mass is 79.9. The Hall–Kier alpha value is -1.68. The maximum Gasteiger partial charge on any atom is 0.259 e. The van der Waals surface area contributed by atoms with Gasteiger partial charge in [0, 0.05) is 14.6 Å². The zero-order valence-electron chi connectivity index (χ0n) is 16.0. The number of halogens is 4. The summed E-state index contributed by atoms with van der Waals surface area (Å²) < 4.78 is 9.51. The van der Waals surface area contributed by atoms with Crippen molar-refractivity contribution in [1.29, 1.82) is 0 Å². The van der Waals surface area contributed by atoms with Crippen molar-refractivity contribution in [1.82, 2.24) is 5.43 Å². The number of carbonyl (C=O) groups excluding carboxylic acids is 1. The van der Waals surface area contributed by atoms with E-state index < -0.39 is 0 Å². The molecule has 0 heterocycles. The van der Waals surface area contributed by atoms with Crippen molar-refractivity contribution in [3.05, 3.63) is 89.7 Å². The average molecular weight is 675 g/mol. The Kier molecular flexibility index (Phi) is 9.13. The highest BCUT2D eigenvalue weighted by Crippen LogP contribution is 2.35. The van der Waals surface area contributed by atoms with Gasteiger partial charge in [-0.05, 0) is 91.5 Å². The molecule has 0 atom stereocenters. The van der Waals surface area contributed by atoms with E-state index in [1.54, 1.807) is 6.21 Å². The van der Waals surface area contributed by atoms with Crippen LogP contribution in [-0.2, 0) is 11.4 Å². The number of hydrogen-bond donors (Lipinski definition) is 2. The molecule has 0 saturated heterocycles. The Balaban J connectivity index is 1.52. The predicted octanol–water partition coefficient (Wildman–Crippen LogP) is 6.88. The number of anilines is 1. The second-order valence-electron chi connectivity index (χ2n) is 6.38. The van der Waals surface area contributed by atoms with Gasteiger partial charge in [0.25, 0.3) is 5.91 Å². The molecule has 0 aromatic heterocycles. The maximum absolute atomic E-state index is 12.0. The van der Waals surface area contributed by atoms with Gasteiger partial charge in [0.15, 0.2) is 0 Å². The Bertz CT molecular complexity index is 1050. The molecule has 3 aromatic rings. The third-order valence-electron chi connectivity index (χ3n) is 4.02. The summed E-state index contributed by atoms with van der Waals surface area (Å²) in [7, 11) is 0. The van der Waals surface area contributed by atoms with Gasteiger partial charge in [-0.25, -0.2) is 5.43 Å². The fraction of sp³-hybridized carbons (Fsp3) is 0.0909. The molecule has 31 heavy (non-hydrogen) atoms. The quantitative estimate of drug-likeness (QED) is 0.202. The van der Waals surface area contributed by atoms with E-state index in [1.165, 1.54) is 0 Å². The molecule has 5 nitrogen and oxygen atoms in total. The van der Waals surface area contributed by atoms with Gasteiger partial charge >= 0.3 is 0 Å². The minimum absolute atomic E-state index is 0.120. The van der Waals surface area contributed by atoms with Crippen molar-refractivity contribution in [2.24, 2.45) is 5.10 Å². The Morgan fingerprint density at radius 1 is 0.903 bits per heavy atom. The first kappa shape index (κ1) is 24.0. The summed E-state index contributed by atoms with van der Waals surface area (Å²) in [5.41, 5.74) is 5.23. The number of carbonyl (C=O) groups is 1. The summed E-state index contributed by atoms with van der Waals surface area (Å²) in [6, 6.07) is 19.3. The highest BCUT2D eigenvalue weighted by Gasteiger charge is 2.09. The lowest BCUT2D eigenvalue weighted by Crippen LogP contribution is -2.25. The molecular weight excluding hydrogens is 658 g/mol. The summed E-state index contributed by atoms with van der Waals surface area (Å²) in [5.74, 6) is 0.453. The maximum atomic E-state index is 12.0. The van der Waals surface area contributed by atoms with Crippen LogP contribution in [0.3, 0.4) is 0 Å². The first-order valence-electron chi connectivity index (χ1n) is 9.08. The number of rotatable bonds is 8. The number of nitrogens with one attached hydrogen (secondary N) is 2. The fourth-order valence-electron chi connectivity index (χ4n) is 2.50. The average Bonchev–Trinajstić information content (AvgIpc) is 2.74. The number of hydrazone groups is 1. The SMILES string of the molecule is O=C(CNc1ccc(Br)cc1)N/N=C\c1cc(Br)c(OCc2ccc(Br)cc2)c(Br)c1. The van der Waals surface area contributed by atoms with Crippen LogP contribution in [0, 0.1) is 0 Å². The molecule has 2 N–H and O–H groups in total. The third kappa shape index (κ3) is 7.75.